The fraction of sp³-hybridized carbons (Fsp3) is 0.246. The van der Waals surface area contributed by atoms with Gasteiger partial charge in [0.05, 0.1) is 47.2 Å². The van der Waals surface area contributed by atoms with E-state index in [2.05, 4.69) is 150 Å². The van der Waals surface area contributed by atoms with E-state index in [-0.39, 0.29) is 0 Å². The van der Waals surface area contributed by atoms with Crippen LogP contribution in [0.25, 0.3) is 0 Å². The Morgan fingerprint density at radius 1 is 0.280 bits per heavy atom. The summed E-state index contributed by atoms with van der Waals surface area (Å²) in [6.45, 7) is 0. The lowest BCUT2D eigenvalue weighted by Gasteiger charge is -2.30. The summed E-state index contributed by atoms with van der Waals surface area (Å²) < 4.78 is 0. The van der Waals surface area contributed by atoms with Crippen LogP contribution in [0.15, 0.2) is 153 Å². The molecule has 0 aliphatic carbocycles. The Labute approximate surface area is 432 Å². The van der Waals surface area contributed by atoms with Gasteiger partial charge in [0.15, 0.2) is 11.6 Å². The van der Waals surface area contributed by atoms with Crippen LogP contribution in [0.4, 0.5) is 68.8 Å². The predicted octanol–water partition coefficient (Wildman–Crippen LogP) is 9.93. The Morgan fingerprint density at radius 3 is 1.07 bits per heavy atom. The monoisotopic (exact) mass is 974 g/mol. The molecular weight excluding hydrogens is 929 g/mol. The van der Waals surface area contributed by atoms with E-state index in [9.17, 15) is 0 Å². The third-order valence-corrected chi connectivity index (χ3v) is 19.2. The fourth-order valence-electron chi connectivity index (χ4n) is 16.8. The minimum Gasteiger partial charge on any atom is -0.336 e. The first-order valence-corrected chi connectivity index (χ1v) is 26.7. The quantitative estimate of drug-likeness (QED) is 0.143. The molecule has 6 aromatic heterocycles. The number of pyridine rings is 4. The molecule has 0 saturated heterocycles. The van der Waals surface area contributed by atoms with Crippen molar-refractivity contribution in [3.05, 3.63) is 203 Å². The summed E-state index contributed by atoms with van der Waals surface area (Å²) in [6.07, 6.45) is 25.3. The van der Waals surface area contributed by atoms with Crippen molar-refractivity contribution in [3.8, 4) is 0 Å². The zero-order chi connectivity index (χ0) is 48.4. The maximum absolute atomic E-state index is 4.71. The van der Waals surface area contributed by atoms with Gasteiger partial charge in [-0.25, -0.2) is 19.9 Å². The average Bonchev–Trinajstić information content (AvgIpc) is 4.41. The molecule has 3 aromatic carbocycles. The van der Waals surface area contributed by atoms with Gasteiger partial charge < -0.3 is 29.4 Å². The summed E-state index contributed by atoms with van der Waals surface area (Å²) in [5.41, 5.74) is 23.1. The van der Waals surface area contributed by atoms with E-state index < -0.39 is 0 Å². The highest BCUT2D eigenvalue weighted by Crippen LogP contribution is 2.66. The van der Waals surface area contributed by atoms with E-state index in [1.54, 1.807) is 30.4 Å². The Bertz CT molecular complexity index is 3350. The molecule has 0 bridgehead atoms. The van der Waals surface area contributed by atoms with Crippen LogP contribution >= 0.6 is 0 Å². The van der Waals surface area contributed by atoms with Gasteiger partial charge in [-0.15, -0.1) is 0 Å². The second-order valence-corrected chi connectivity index (χ2v) is 22.2. The highest BCUT2D eigenvalue weighted by molar-refractivity contribution is 5.92. The van der Waals surface area contributed by atoms with Crippen LogP contribution in [-0.4, -0.2) is 76.1 Å². The molecule has 14 nitrogen and oxygen atoms in total. The normalized spacial score (nSPS) is 26.3. The third-order valence-electron chi connectivity index (χ3n) is 19.2. The molecule has 0 amide bonds. The predicted molar refractivity (Wildman–Crippen MR) is 286 cm³/mol. The molecule has 0 spiro atoms. The number of nitrogens with zero attached hydrogens (tertiary/aromatic N) is 14. The minimum atomic E-state index is 0.401. The van der Waals surface area contributed by atoms with Crippen LogP contribution in [0.3, 0.4) is 0 Å². The zero-order valence-electron chi connectivity index (χ0n) is 40.6. The number of rotatable bonds is 0. The standard InChI is InChI=1S/2C21H16N4.C19H14N6/c1-6-14-18-15(7-1)25-17(11-13-5-3-9-23-21(13)25)19(18)16-10-12-4-2-8-22-20(12)24(14)16;1-2-14-20-15(3-1)25-17(9-13-5-7-23-11-19(13)25)21(20)16-8-12-4-6-22-10-18(12)24(14)16;1-2-12-16-13(3-1)25-15(9-11-19(25)23-7-5-21-11)17(16)14-8-10-18(24(12)14)22-6-4-20-10/h1-9,16-17,19H,10-11H2;1-7,10-11,16-17,21H,8-9H2;1-7,14-15,17H,8-9H2. The van der Waals surface area contributed by atoms with Gasteiger partial charge >= 0.3 is 0 Å². The maximum atomic E-state index is 4.71. The van der Waals surface area contributed by atoms with Crippen molar-refractivity contribution in [1.29, 1.82) is 0 Å². The largest absolute Gasteiger partial charge is 0.336 e. The van der Waals surface area contributed by atoms with Gasteiger partial charge in [0.2, 0.25) is 0 Å². The lowest BCUT2D eigenvalue weighted by atomic mass is 9.87. The van der Waals surface area contributed by atoms with Crippen LogP contribution in [0.5, 0.6) is 0 Å². The van der Waals surface area contributed by atoms with Crippen molar-refractivity contribution in [3.63, 3.8) is 0 Å². The number of aromatic nitrogens is 8. The van der Waals surface area contributed by atoms with E-state index in [0.717, 1.165) is 73.2 Å². The molecular formula is C61H46N14. The van der Waals surface area contributed by atoms with Gasteiger partial charge in [-0.3, -0.25) is 19.9 Å². The number of hydrogen-bond donors (Lipinski definition) is 0. The zero-order valence-corrected chi connectivity index (χ0v) is 40.6. The third kappa shape index (κ3) is 4.88. The van der Waals surface area contributed by atoms with E-state index in [1.807, 2.05) is 37.2 Å². The van der Waals surface area contributed by atoms with E-state index in [1.165, 1.54) is 78.9 Å². The fourth-order valence-corrected chi connectivity index (χ4v) is 16.8. The average molecular weight is 975 g/mol. The topological polar surface area (TPSA) is 123 Å². The molecule has 6 atom stereocenters. The van der Waals surface area contributed by atoms with Crippen LogP contribution < -0.4 is 29.4 Å². The molecule has 12 aliphatic rings. The Morgan fingerprint density at radius 2 is 0.627 bits per heavy atom. The van der Waals surface area contributed by atoms with Crippen LogP contribution in [-0.2, 0) is 38.5 Å². The summed E-state index contributed by atoms with van der Waals surface area (Å²) in [7, 11) is 0. The molecule has 14 heteroatoms. The van der Waals surface area contributed by atoms with Gasteiger partial charge in [-0.05, 0) is 109 Å². The minimum absolute atomic E-state index is 0.401. The molecule has 360 valence electrons. The number of anilines is 12. The van der Waals surface area contributed by atoms with Crippen molar-refractivity contribution in [2.45, 2.75) is 92.5 Å². The smallest absolute Gasteiger partial charge is 0.155 e. The lowest BCUT2D eigenvalue weighted by Crippen LogP contribution is -2.37. The Balaban J connectivity index is 0.0000000865. The van der Waals surface area contributed by atoms with Crippen molar-refractivity contribution < 1.29 is 0 Å². The molecule has 12 aliphatic heterocycles. The summed E-state index contributed by atoms with van der Waals surface area (Å²) in [5.74, 6) is 5.95. The highest BCUT2D eigenvalue weighted by Gasteiger charge is 2.60. The van der Waals surface area contributed by atoms with Crippen LogP contribution in [0.1, 0.15) is 68.1 Å². The van der Waals surface area contributed by atoms with E-state index in [0.29, 0.717) is 54.0 Å². The molecule has 18 heterocycles. The molecule has 75 heavy (non-hydrogen) atoms. The van der Waals surface area contributed by atoms with Gasteiger partial charge in [0, 0.05) is 155 Å². The van der Waals surface area contributed by atoms with Gasteiger partial charge in [0.25, 0.3) is 0 Å². The Hall–Kier alpha value is -8.78. The van der Waals surface area contributed by atoms with Gasteiger partial charge in [-0.2, -0.15) is 0 Å². The van der Waals surface area contributed by atoms with Gasteiger partial charge in [-0.1, -0.05) is 30.3 Å². The lowest BCUT2D eigenvalue weighted by molar-refractivity contribution is 0.500. The summed E-state index contributed by atoms with van der Waals surface area (Å²) >= 11 is 0. The first kappa shape index (κ1) is 39.7. The highest BCUT2D eigenvalue weighted by atomic mass is 15.4. The molecule has 0 fully saturated rings. The summed E-state index contributed by atoms with van der Waals surface area (Å²) in [6, 6.07) is 36.0. The van der Waals surface area contributed by atoms with Crippen molar-refractivity contribution in [1.82, 2.24) is 39.9 Å². The molecule has 21 rings (SSSR count). The van der Waals surface area contributed by atoms with Crippen molar-refractivity contribution >= 4 is 68.8 Å². The molecule has 9 aromatic rings. The summed E-state index contributed by atoms with van der Waals surface area (Å²) in [4.78, 5) is 51.6. The molecule has 6 unspecified atom stereocenters. The first-order valence-electron chi connectivity index (χ1n) is 26.7. The maximum Gasteiger partial charge on any atom is 0.155 e. The number of fused-ring (bicyclic) bond motifs is 30. The van der Waals surface area contributed by atoms with Crippen molar-refractivity contribution in [2.24, 2.45) is 0 Å². The summed E-state index contributed by atoms with van der Waals surface area (Å²) in [5, 5.41) is 0. The van der Waals surface area contributed by atoms with Crippen LogP contribution in [0, 0.1) is 0 Å². The van der Waals surface area contributed by atoms with Crippen molar-refractivity contribution in [2.75, 3.05) is 29.4 Å². The molecule has 0 N–H and O–H groups in total. The van der Waals surface area contributed by atoms with E-state index >= 15 is 0 Å². The van der Waals surface area contributed by atoms with E-state index in [4.69, 9.17) is 9.97 Å². The SMILES string of the molecule is c1cc2c3c(c1)N1c4cnccc4CC1C3C1Cc3ccncc3N21.c1cc2c3c(c1)N1c4nccnc4CC1C3C1Cc3nccnc3N21.c1cnc2c(c1)CC1C3c4c(cccc4N4c5ncccc5CC34)N21. The number of benzene rings is 3. The van der Waals surface area contributed by atoms with Gasteiger partial charge in [0.1, 0.15) is 11.6 Å². The Kier molecular flexibility index (Phi) is 7.45. The first-order chi connectivity index (χ1) is 37.2. The molecule has 0 saturated carbocycles. The van der Waals surface area contributed by atoms with Crippen LogP contribution in [0.2, 0.25) is 0 Å². The second kappa shape index (κ2) is 14.1. The molecule has 0 radical (unpaired) electrons. The number of hydrogen-bond acceptors (Lipinski definition) is 14. The second-order valence-electron chi connectivity index (χ2n) is 22.2.